The van der Waals surface area contributed by atoms with Gasteiger partial charge in [0, 0.05) is 44.3 Å². The number of nitrogens with zero attached hydrogens (tertiary/aromatic N) is 2. The number of amides is 2. The van der Waals surface area contributed by atoms with Crippen LogP contribution in [-0.2, 0) is 16.1 Å². The van der Waals surface area contributed by atoms with Crippen LogP contribution in [0.1, 0.15) is 68.8 Å². The number of carbonyl (C=O) groups excluding carboxylic acids is 2. The Morgan fingerprint density at radius 3 is 2.57 bits per heavy atom. The Morgan fingerprint density at radius 2 is 1.89 bits per heavy atom. The minimum atomic E-state index is -4.47. The van der Waals surface area contributed by atoms with Crippen molar-refractivity contribution >= 4 is 40.7 Å². The van der Waals surface area contributed by atoms with Crippen LogP contribution in [0.3, 0.4) is 0 Å². The Kier molecular flexibility index (Phi) is 14.4. The minimum absolute atomic E-state index is 0.138. The van der Waals surface area contributed by atoms with E-state index in [0.717, 1.165) is 18.4 Å². The number of nitrogens with one attached hydrogen (secondary N) is 1. The van der Waals surface area contributed by atoms with Crippen LogP contribution in [0.5, 0.6) is 5.75 Å². The summed E-state index contributed by atoms with van der Waals surface area (Å²) in [5.74, 6) is -1.13. The third kappa shape index (κ3) is 11.9. The van der Waals surface area contributed by atoms with Gasteiger partial charge in [-0.2, -0.15) is 13.2 Å². The van der Waals surface area contributed by atoms with Gasteiger partial charge >= 0.3 is 6.18 Å². The highest BCUT2D eigenvalue weighted by molar-refractivity contribution is 6.42. The molecule has 46 heavy (non-hydrogen) atoms. The molecule has 0 fully saturated rings. The molecule has 2 aromatic rings. The number of likely N-dealkylation sites (N-methyl/N-ethyl adjacent to an activating group) is 1. The van der Waals surface area contributed by atoms with Crippen LogP contribution in [0, 0.1) is 5.92 Å². The molecule has 2 N–H and O–H groups in total. The average Bonchev–Trinajstić information content (AvgIpc) is 2.99. The first-order chi connectivity index (χ1) is 21.7. The SMILES string of the molecule is C[C@@H]1CCCCO[C@@H](CN(C)Cc2ccc(Cl)c(Cl)c2)[C@@H](C)CN([C@H](C)CO)C(=O)c2cc(NC(=O)CCC(F)(F)F)ccc2O1. The number of halogens is 5. The molecule has 1 aliphatic heterocycles. The largest absolute Gasteiger partial charge is 0.490 e. The maximum Gasteiger partial charge on any atom is 0.389 e. The van der Waals surface area contributed by atoms with E-state index in [1.165, 1.54) is 12.1 Å². The Bertz CT molecular complexity index is 1320. The van der Waals surface area contributed by atoms with Crippen LogP contribution >= 0.6 is 23.2 Å². The second-order valence-corrected chi connectivity index (χ2v) is 12.9. The molecular weight excluding hydrogens is 646 g/mol. The van der Waals surface area contributed by atoms with E-state index in [-0.39, 0.29) is 42.5 Å². The highest BCUT2D eigenvalue weighted by atomic mass is 35.5. The number of anilines is 1. The van der Waals surface area contributed by atoms with Gasteiger partial charge in [0.1, 0.15) is 5.75 Å². The number of hydrogen-bond donors (Lipinski definition) is 2. The Hall–Kier alpha value is -2.57. The number of carbonyl (C=O) groups is 2. The zero-order valence-electron chi connectivity index (χ0n) is 26.7. The van der Waals surface area contributed by atoms with Crippen molar-refractivity contribution in [3.63, 3.8) is 0 Å². The van der Waals surface area contributed by atoms with Crippen LogP contribution in [0.2, 0.25) is 10.0 Å². The van der Waals surface area contributed by atoms with Gasteiger partial charge < -0.3 is 24.8 Å². The quantitative estimate of drug-likeness (QED) is 0.289. The molecule has 8 nitrogen and oxygen atoms in total. The molecule has 0 aliphatic carbocycles. The molecule has 13 heteroatoms. The highest BCUT2D eigenvalue weighted by Gasteiger charge is 2.31. The number of fused-ring (bicyclic) bond motifs is 1. The summed E-state index contributed by atoms with van der Waals surface area (Å²) in [5.41, 5.74) is 1.30. The highest BCUT2D eigenvalue weighted by Crippen LogP contribution is 2.29. The first-order valence-corrected chi connectivity index (χ1v) is 16.3. The van der Waals surface area contributed by atoms with Crippen LogP contribution < -0.4 is 10.1 Å². The summed E-state index contributed by atoms with van der Waals surface area (Å²) in [6.07, 6.45) is -4.65. The smallest absolute Gasteiger partial charge is 0.389 e. The molecule has 256 valence electrons. The molecule has 1 heterocycles. The molecule has 2 aromatic carbocycles. The van der Waals surface area contributed by atoms with Gasteiger partial charge in [-0.05, 0) is 76.1 Å². The number of aliphatic hydroxyl groups excluding tert-OH is 1. The molecular formula is C33H44Cl2F3N3O5. The third-order valence-corrected chi connectivity index (χ3v) is 8.64. The van der Waals surface area contributed by atoms with Crippen LogP contribution in [0.4, 0.5) is 18.9 Å². The maximum atomic E-state index is 14.2. The zero-order chi connectivity index (χ0) is 34.0. The normalized spacial score (nSPS) is 20.9. The summed E-state index contributed by atoms with van der Waals surface area (Å²) in [5, 5.41) is 13.6. The van der Waals surface area contributed by atoms with Crippen LogP contribution in [0.15, 0.2) is 36.4 Å². The summed E-state index contributed by atoms with van der Waals surface area (Å²) in [6.45, 7) is 7.23. The van der Waals surface area contributed by atoms with Crippen molar-refractivity contribution in [3.05, 3.63) is 57.6 Å². The lowest BCUT2D eigenvalue weighted by Crippen LogP contribution is -2.47. The van der Waals surface area contributed by atoms with Crippen LogP contribution in [0.25, 0.3) is 0 Å². The van der Waals surface area contributed by atoms with E-state index in [2.05, 4.69) is 10.2 Å². The lowest BCUT2D eigenvalue weighted by molar-refractivity contribution is -0.142. The van der Waals surface area contributed by atoms with Gasteiger partial charge in [-0.15, -0.1) is 0 Å². The number of rotatable bonds is 9. The van der Waals surface area contributed by atoms with E-state index in [1.807, 2.05) is 33.0 Å². The summed E-state index contributed by atoms with van der Waals surface area (Å²) in [6, 6.07) is 9.40. The summed E-state index contributed by atoms with van der Waals surface area (Å²) in [4.78, 5) is 30.1. The van der Waals surface area contributed by atoms with Crippen molar-refractivity contribution in [2.75, 3.05) is 38.7 Å². The van der Waals surface area contributed by atoms with E-state index in [0.29, 0.717) is 41.9 Å². The number of alkyl halides is 3. The standard InChI is InChI=1S/C33H44Cl2F3N3O5/c1-21-17-41(22(2)20-42)32(44)26-16-25(39-31(43)12-13-33(36,37)38)9-11-29(26)46-23(3)7-5-6-14-45-30(21)19-40(4)18-24-8-10-27(34)28(35)15-24/h8-11,15-16,21-23,30,42H,5-7,12-14,17-20H2,1-4H3,(H,39,43)/t21-,22+,23+,30-/m0/s1. The average molecular weight is 691 g/mol. The molecule has 0 bridgehead atoms. The van der Waals surface area contributed by atoms with Crippen molar-refractivity contribution in [2.24, 2.45) is 5.92 Å². The molecule has 0 radical (unpaired) electrons. The van der Waals surface area contributed by atoms with Gasteiger partial charge in [0.25, 0.3) is 5.91 Å². The van der Waals surface area contributed by atoms with Gasteiger partial charge in [0.05, 0.1) is 46.9 Å². The lowest BCUT2D eigenvalue weighted by Gasteiger charge is -2.36. The predicted octanol–water partition coefficient (Wildman–Crippen LogP) is 7.20. The number of benzene rings is 2. The van der Waals surface area contributed by atoms with E-state index in [4.69, 9.17) is 32.7 Å². The Labute approximate surface area is 279 Å². The molecule has 2 amide bonds. The number of hydrogen-bond acceptors (Lipinski definition) is 6. The van der Waals surface area contributed by atoms with Gasteiger partial charge in [-0.3, -0.25) is 14.5 Å². The number of ether oxygens (including phenoxy) is 2. The van der Waals surface area contributed by atoms with Gasteiger partial charge in [0.2, 0.25) is 5.91 Å². The maximum absolute atomic E-state index is 14.2. The lowest BCUT2D eigenvalue weighted by atomic mass is 10.0. The molecule has 0 saturated heterocycles. The minimum Gasteiger partial charge on any atom is -0.490 e. The molecule has 0 spiro atoms. The summed E-state index contributed by atoms with van der Waals surface area (Å²) >= 11 is 12.3. The van der Waals surface area contributed by atoms with Crippen molar-refractivity contribution in [3.8, 4) is 5.75 Å². The van der Waals surface area contributed by atoms with E-state index in [9.17, 15) is 27.9 Å². The monoisotopic (exact) mass is 689 g/mol. The summed E-state index contributed by atoms with van der Waals surface area (Å²) < 4.78 is 50.5. The van der Waals surface area contributed by atoms with E-state index >= 15 is 0 Å². The molecule has 0 saturated carbocycles. The van der Waals surface area contributed by atoms with Crippen LogP contribution in [-0.4, -0.2) is 84.5 Å². The molecule has 4 atom stereocenters. The second-order valence-electron chi connectivity index (χ2n) is 12.1. The van der Waals surface area contributed by atoms with Gasteiger partial charge in [-0.25, -0.2) is 0 Å². The van der Waals surface area contributed by atoms with Crippen molar-refractivity contribution < 1.29 is 37.3 Å². The molecule has 0 aromatic heterocycles. The predicted molar refractivity (Wildman–Crippen MR) is 174 cm³/mol. The Morgan fingerprint density at radius 1 is 1.15 bits per heavy atom. The second kappa shape index (κ2) is 17.5. The first-order valence-electron chi connectivity index (χ1n) is 15.5. The third-order valence-electron chi connectivity index (χ3n) is 7.90. The van der Waals surface area contributed by atoms with Gasteiger partial charge in [-0.1, -0.05) is 36.2 Å². The van der Waals surface area contributed by atoms with Crippen molar-refractivity contribution in [1.29, 1.82) is 0 Å². The fraction of sp³-hybridized carbons (Fsp3) is 0.576. The zero-order valence-corrected chi connectivity index (χ0v) is 28.2. The van der Waals surface area contributed by atoms with Crippen molar-refractivity contribution in [2.45, 2.75) is 83.8 Å². The van der Waals surface area contributed by atoms with Crippen molar-refractivity contribution in [1.82, 2.24) is 9.80 Å². The topological polar surface area (TPSA) is 91.3 Å². The molecule has 0 unspecified atom stereocenters. The fourth-order valence-electron chi connectivity index (χ4n) is 5.26. The van der Waals surface area contributed by atoms with E-state index < -0.39 is 36.9 Å². The van der Waals surface area contributed by atoms with E-state index in [1.54, 1.807) is 24.0 Å². The fourth-order valence-corrected chi connectivity index (χ4v) is 5.58. The number of aliphatic hydroxyl groups is 1. The first kappa shape index (κ1) is 37.9. The van der Waals surface area contributed by atoms with Gasteiger partial charge in [0.15, 0.2) is 0 Å². The summed E-state index contributed by atoms with van der Waals surface area (Å²) in [7, 11) is 1.98. The Balaban J connectivity index is 1.88. The molecule has 3 rings (SSSR count). The molecule has 1 aliphatic rings.